The van der Waals surface area contributed by atoms with Crippen LogP contribution >= 0.6 is 11.6 Å². The maximum absolute atomic E-state index is 14.0. The van der Waals surface area contributed by atoms with Gasteiger partial charge < -0.3 is 4.74 Å². The summed E-state index contributed by atoms with van der Waals surface area (Å²) >= 11 is 6.12. The topological polar surface area (TPSA) is 9.23 Å². The minimum absolute atomic E-state index is 0.207. The number of benzene rings is 1. The summed E-state index contributed by atoms with van der Waals surface area (Å²) < 4.78 is 19.3. The van der Waals surface area contributed by atoms with Gasteiger partial charge in [0.25, 0.3) is 0 Å². The first-order valence-corrected chi connectivity index (χ1v) is 7.22. The molecular formula is C15H20ClFO. The van der Waals surface area contributed by atoms with E-state index in [4.69, 9.17) is 16.3 Å². The van der Waals surface area contributed by atoms with Gasteiger partial charge >= 0.3 is 0 Å². The zero-order valence-electron chi connectivity index (χ0n) is 10.8. The first-order chi connectivity index (χ1) is 8.72. The van der Waals surface area contributed by atoms with Crippen LogP contribution in [0, 0.1) is 5.82 Å². The SMILES string of the molecule is CCCOc1c(F)cc(C2CCCCC2)cc1Cl. The quantitative estimate of drug-likeness (QED) is 0.720. The zero-order chi connectivity index (χ0) is 13.0. The second kappa shape index (κ2) is 6.42. The van der Waals surface area contributed by atoms with E-state index in [1.165, 1.54) is 19.3 Å². The van der Waals surface area contributed by atoms with Crippen molar-refractivity contribution in [3.8, 4) is 5.75 Å². The molecule has 1 aromatic carbocycles. The van der Waals surface area contributed by atoms with Crippen molar-refractivity contribution in [2.24, 2.45) is 0 Å². The van der Waals surface area contributed by atoms with Gasteiger partial charge in [-0.1, -0.05) is 37.8 Å². The highest BCUT2D eigenvalue weighted by Crippen LogP contribution is 2.37. The van der Waals surface area contributed by atoms with E-state index in [0.29, 0.717) is 17.5 Å². The maximum Gasteiger partial charge on any atom is 0.173 e. The zero-order valence-corrected chi connectivity index (χ0v) is 11.6. The van der Waals surface area contributed by atoms with Crippen molar-refractivity contribution in [1.29, 1.82) is 0 Å². The van der Waals surface area contributed by atoms with Gasteiger partial charge in [0.05, 0.1) is 11.6 Å². The van der Waals surface area contributed by atoms with Crippen LogP contribution in [-0.2, 0) is 0 Å². The number of rotatable bonds is 4. The minimum atomic E-state index is -0.323. The van der Waals surface area contributed by atoms with Crippen molar-refractivity contribution in [1.82, 2.24) is 0 Å². The van der Waals surface area contributed by atoms with Gasteiger partial charge in [-0.2, -0.15) is 0 Å². The molecule has 1 nitrogen and oxygen atoms in total. The molecule has 0 atom stereocenters. The van der Waals surface area contributed by atoms with Crippen LogP contribution in [0.15, 0.2) is 12.1 Å². The monoisotopic (exact) mass is 270 g/mol. The third-order valence-corrected chi connectivity index (χ3v) is 3.83. The fourth-order valence-corrected chi connectivity index (χ4v) is 2.86. The third kappa shape index (κ3) is 3.17. The number of halogens is 2. The average Bonchev–Trinajstić information content (AvgIpc) is 2.39. The fraction of sp³-hybridized carbons (Fsp3) is 0.600. The van der Waals surface area contributed by atoms with E-state index < -0.39 is 0 Å². The molecule has 1 fully saturated rings. The van der Waals surface area contributed by atoms with Crippen LogP contribution in [0.4, 0.5) is 4.39 Å². The Kier molecular flexibility index (Phi) is 4.87. The van der Waals surface area contributed by atoms with E-state index in [2.05, 4.69) is 0 Å². The van der Waals surface area contributed by atoms with Crippen molar-refractivity contribution < 1.29 is 9.13 Å². The predicted molar refractivity (Wildman–Crippen MR) is 73.0 cm³/mol. The first kappa shape index (κ1) is 13.7. The maximum atomic E-state index is 14.0. The van der Waals surface area contributed by atoms with Gasteiger partial charge in [0.15, 0.2) is 11.6 Å². The Morgan fingerprint density at radius 1 is 1.28 bits per heavy atom. The third-order valence-electron chi connectivity index (χ3n) is 3.55. The van der Waals surface area contributed by atoms with Gasteiger partial charge in [0, 0.05) is 0 Å². The van der Waals surface area contributed by atoms with Crippen LogP contribution in [0.2, 0.25) is 5.02 Å². The lowest BCUT2D eigenvalue weighted by Crippen LogP contribution is -2.06. The molecule has 2 rings (SSSR count). The predicted octanol–water partition coefficient (Wildman–Crippen LogP) is 5.32. The van der Waals surface area contributed by atoms with Crippen LogP contribution in [0.3, 0.4) is 0 Å². The van der Waals surface area contributed by atoms with Gasteiger partial charge in [-0.05, 0) is 42.9 Å². The van der Waals surface area contributed by atoms with Crippen LogP contribution in [0.1, 0.15) is 56.9 Å². The summed E-state index contributed by atoms with van der Waals surface area (Å²) in [6.07, 6.45) is 6.90. The summed E-state index contributed by atoms with van der Waals surface area (Å²) in [5.41, 5.74) is 1.03. The van der Waals surface area contributed by atoms with Crippen molar-refractivity contribution in [3.63, 3.8) is 0 Å². The van der Waals surface area contributed by atoms with Gasteiger partial charge in [-0.15, -0.1) is 0 Å². The second-order valence-corrected chi connectivity index (χ2v) is 5.40. The molecule has 0 amide bonds. The Labute approximate surface area is 113 Å². The molecule has 1 aliphatic rings. The molecule has 0 aliphatic heterocycles. The molecule has 0 saturated heterocycles. The molecule has 18 heavy (non-hydrogen) atoms. The lowest BCUT2D eigenvalue weighted by Gasteiger charge is -2.22. The number of ether oxygens (including phenoxy) is 1. The molecule has 0 aromatic heterocycles. The molecule has 0 heterocycles. The number of hydrogen-bond donors (Lipinski definition) is 0. The molecule has 1 aromatic rings. The normalized spacial score (nSPS) is 16.8. The molecule has 1 aliphatic carbocycles. The largest absolute Gasteiger partial charge is 0.489 e. The van der Waals surface area contributed by atoms with E-state index in [9.17, 15) is 4.39 Å². The van der Waals surface area contributed by atoms with Crippen LogP contribution < -0.4 is 4.74 Å². The minimum Gasteiger partial charge on any atom is -0.489 e. The van der Waals surface area contributed by atoms with Gasteiger partial charge in [-0.25, -0.2) is 4.39 Å². The lowest BCUT2D eigenvalue weighted by atomic mass is 9.84. The summed E-state index contributed by atoms with van der Waals surface area (Å²) in [6.45, 7) is 2.49. The molecular weight excluding hydrogens is 251 g/mol. The van der Waals surface area contributed by atoms with Gasteiger partial charge in [0.1, 0.15) is 0 Å². The Morgan fingerprint density at radius 3 is 2.61 bits per heavy atom. The van der Waals surface area contributed by atoms with Gasteiger partial charge in [0.2, 0.25) is 0 Å². The standard InChI is InChI=1S/C15H20ClFO/c1-2-8-18-15-13(16)9-12(10-14(15)17)11-6-4-3-5-7-11/h9-11H,2-8H2,1H3. The molecule has 0 bridgehead atoms. The van der Waals surface area contributed by atoms with E-state index in [1.54, 1.807) is 6.07 Å². The Bertz CT molecular complexity index is 376. The Hall–Kier alpha value is -0.760. The van der Waals surface area contributed by atoms with Gasteiger partial charge in [-0.3, -0.25) is 0 Å². The first-order valence-electron chi connectivity index (χ1n) is 6.84. The van der Waals surface area contributed by atoms with E-state index >= 15 is 0 Å². The molecule has 3 heteroatoms. The van der Waals surface area contributed by atoms with E-state index in [-0.39, 0.29) is 11.6 Å². The summed E-state index contributed by atoms with van der Waals surface area (Å²) in [6, 6.07) is 3.48. The average molecular weight is 271 g/mol. The smallest absolute Gasteiger partial charge is 0.173 e. The fourth-order valence-electron chi connectivity index (χ4n) is 2.59. The number of hydrogen-bond acceptors (Lipinski definition) is 1. The van der Waals surface area contributed by atoms with Crippen molar-refractivity contribution in [2.75, 3.05) is 6.61 Å². The summed E-state index contributed by atoms with van der Waals surface area (Å²) in [7, 11) is 0. The van der Waals surface area contributed by atoms with Crippen molar-refractivity contribution in [3.05, 3.63) is 28.5 Å². The second-order valence-electron chi connectivity index (χ2n) is 5.00. The van der Waals surface area contributed by atoms with Crippen LogP contribution in [0.5, 0.6) is 5.75 Å². The van der Waals surface area contributed by atoms with E-state index in [1.807, 2.05) is 13.0 Å². The van der Waals surface area contributed by atoms with Crippen LogP contribution in [-0.4, -0.2) is 6.61 Å². The van der Waals surface area contributed by atoms with Crippen molar-refractivity contribution >= 4 is 11.6 Å². The molecule has 100 valence electrons. The summed E-state index contributed by atoms with van der Waals surface area (Å²) in [4.78, 5) is 0. The Morgan fingerprint density at radius 2 is 2.00 bits per heavy atom. The molecule has 1 saturated carbocycles. The highest BCUT2D eigenvalue weighted by Gasteiger charge is 2.19. The highest BCUT2D eigenvalue weighted by atomic mass is 35.5. The molecule has 0 spiro atoms. The Balaban J connectivity index is 2.18. The molecule has 0 N–H and O–H groups in total. The van der Waals surface area contributed by atoms with Crippen molar-refractivity contribution in [2.45, 2.75) is 51.4 Å². The summed E-state index contributed by atoms with van der Waals surface area (Å²) in [5.74, 6) is 0.348. The molecule has 0 radical (unpaired) electrons. The molecule has 0 unspecified atom stereocenters. The van der Waals surface area contributed by atoms with E-state index in [0.717, 1.165) is 24.8 Å². The van der Waals surface area contributed by atoms with Crippen LogP contribution in [0.25, 0.3) is 0 Å². The lowest BCUT2D eigenvalue weighted by molar-refractivity contribution is 0.301. The highest BCUT2D eigenvalue weighted by molar-refractivity contribution is 6.32. The summed E-state index contributed by atoms with van der Waals surface area (Å²) in [5, 5.41) is 0.407.